The number of carbonyl (C=O) groups excluding carboxylic acids is 2. The van der Waals surface area contributed by atoms with Crippen molar-refractivity contribution in [3.8, 4) is 5.75 Å². The van der Waals surface area contributed by atoms with Crippen molar-refractivity contribution in [1.82, 2.24) is 0 Å². The molecule has 96 valence electrons. The lowest BCUT2D eigenvalue weighted by Gasteiger charge is -2.21. The minimum atomic E-state index is -0.550. The minimum Gasteiger partial charge on any atom is -0.479 e. The van der Waals surface area contributed by atoms with Gasteiger partial charge in [0.1, 0.15) is 5.82 Å². The van der Waals surface area contributed by atoms with Crippen LogP contribution in [0.1, 0.15) is 19.8 Å². The highest BCUT2D eigenvalue weighted by Crippen LogP contribution is 2.36. The molecule has 18 heavy (non-hydrogen) atoms. The minimum absolute atomic E-state index is 0.144. The van der Waals surface area contributed by atoms with Gasteiger partial charge in [-0.25, -0.2) is 4.39 Å². The molecular formula is C12H13FN2O3. The van der Waals surface area contributed by atoms with Crippen LogP contribution in [0.4, 0.5) is 15.8 Å². The Bertz CT molecular complexity index is 502. The molecule has 2 rings (SSSR count). The summed E-state index contributed by atoms with van der Waals surface area (Å²) in [4.78, 5) is 22.6. The molecule has 0 aromatic heterocycles. The molecule has 0 aliphatic carbocycles. The number of fused-ring (bicyclic) bond motifs is 1. The van der Waals surface area contributed by atoms with E-state index in [1.165, 1.54) is 6.07 Å². The number of benzene rings is 1. The van der Waals surface area contributed by atoms with E-state index in [-0.39, 0.29) is 29.8 Å². The zero-order chi connectivity index (χ0) is 13.1. The van der Waals surface area contributed by atoms with E-state index in [4.69, 9.17) is 4.74 Å². The van der Waals surface area contributed by atoms with Crippen LogP contribution >= 0.6 is 0 Å². The first-order valence-corrected chi connectivity index (χ1v) is 5.66. The summed E-state index contributed by atoms with van der Waals surface area (Å²) in [6, 6.07) is 2.33. The van der Waals surface area contributed by atoms with Crippen molar-refractivity contribution < 1.29 is 18.7 Å². The zero-order valence-electron chi connectivity index (χ0n) is 9.88. The van der Waals surface area contributed by atoms with Crippen LogP contribution in [0.2, 0.25) is 0 Å². The summed E-state index contributed by atoms with van der Waals surface area (Å²) < 4.78 is 18.6. The van der Waals surface area contributed by atoms with Crippen molar-refractivity contribution in [2.75, 3.05) is 17.2 Å². The van der Waals surface area contributed by atoms with Gasteiger partial charge < -0.3 is 15.4 Å². The first-order valence-electron chi connectivity index (χ1n) is 5.66. The molecule has 1 heterocycles. The van der Waals surface area contributed by atoms with Gasteiger partial charge in [-0.05, 0) is 6.42 Å². The lowest BCUT2D eigenvalue weighted by Crippen LogP contribution is -2.26. The summed E-state index contributed by atoms with van der Waals surface area (Å²) in [5.74, 6) is -0.823. The summed E-state index contributed by atoms with van der Waals surface area (Å²) in [5.41, 5.74) is 0.474. The van der Waals surface area contributed by atoms with Gasteiger partial charge in [-0.1, -0.05) is 6.92 Å². The predicted molar refractivity (Wildman–Crippen MR) is 64.1 cm³/mol. The number of hydrogen-bond acceptors (Lipinski definition) is 3. The molecule has 0 radical (unpaired) electrons. The van der Waals surface area contributed by atoms with Crippen molar-refractivity contribution in [2.24, 2.45) is 0 Å². The highest BCUT2D eigenvalue weighted by molar-refractivity contribution is 5.99. The van der Waals surface area contributed by atoms with Crippen LogP contribution in [-0.2, 0) is 9.59 Å². The lowest BCUT2D eigenvalue weighted by molar-refractivity contribution is -0.118. The monoisotopic (exact) mass is 252 g/mol. The normalized spacial score (nSPS) is 13.3. The smallest absolute Gasteiger partial charge is 0.262 e. The van der Waals surface area contributed by atoms with Gasteiger partial charge in [-0.2, -0.15) is 0 Å². The molecule has 2 N–H and O–H groups in total. The summed E-state index contributed by atoms with van der Waals surface area (Å²) in [5, 5.41) is 5.06. The number of nitrogens with one attached hydrogen (secondary N) is 2. The Morgan fingerprint density at radius 1 is 1.56 bits per heavy atom. The van der Waals surface area contributed by atoms with Crippen LogP contribution in [-0.4, -0.2) is 18.4 Å². The topological polar surface area (TPSA) is 67.4 Å². The van der Waals surface area contributed by atoms with E-state index in [0.29, 0.717) is 18.6 Å². The molecule has 0 bridgehead atoms. The molecule has 0 atom stereocenters. The molecule has 6 heteroatoms. The first kappa shape index (κ1) is 12.3. The molecule has 0 saturated carbocycles. The van der Waals surface area contributed by atoms with Crippen LogP contribution in [0.5, 0.6) is 5.75 Å². The number of anilines is 2. The van der Waals surface area contributed by atoms with E-state index in [1.807, 2.05) is 6.92 Å². The summed E-state index contributed by atoms with van der Waals surface area (Å²) >= 11 is 0. The largest absolute Gasteiger partial charge is 0.479 e. The fourth-order valence-corrected chi connectivity index (χ4v) is 1.70. The molecule has 0 spiro atoms. The van der Waals surface area contributed by atoms with Gasteiger partial charge in [0, 0.05) is 18.6 Å². The number of hydrogen-bond donors (Lipinski definition) is 2. The number of halogens is 1. The fourth-order valence-electron chi connectivity index (χ4n) is 1.70. The Morgan fingerprint density at radius 3 is 3.06 bits per heavy atom. The number of rotatable bonds is 3. The Labute approximate surface area is 103 Å². The maximum Gasteiger partial charge on any atom is 0.262 e. The second-order valence-corrected chi connectivity index (χ2v) is 3.97. The van der Waals surface area contributed by atoms with E-state index < -0.39 is 5.82 Å². The Kier molecular flexibility index (Phi) is 3.45. The lowest BCUT2D eigenvalue weighted by atomic mass is 10.2. The van der Waals surface area contributed by atoms with Crippen LogP contribution in [0.3, 0.4) is 0 Å². The average molecular weight is 252 g/mol. The van der Waals surface area contributed by atoms with Crippen molar-refractivity contribution in [3.05, 3.63) is 17.9 Å². The second kappa shape index (κ2) is 5.03. The van der Waals surface area contributed by atoms with E-state index >= 15 is 0 Å². The van der Waals surface area contributed by atoms with Gasteiger partial charge in [-0.3, -0.25) is 9.59 Å². The van der Waals surface area contributed by atoms with Crippen LogP contribution in [0.15, 0.2) is 12.1 Å². The maximum atomic E-state index is 13.4. The van der Waals surface area contributed by atoms with E-state index in [2.05, 4.69) is 10.6 Å². The molecule has 1 aliphatic heterocycles. The summed E-state index contributed by atoms with van der Waals surface area (Å²) in [7, 11) is 0. The molecule has 0 unspecified atom stereocenters. The molecule has 5 nitrogen and oxygen atoms in total. The van der Waals surface area contributed by atoms with Gasteiger partial charge in [0.15, 0.2) is 12.4 Å². The van der Waals surface area contributed by atoms with Crippen molar-refractivity contribution >= 4 is 23.2 Å². The third kappa shape index (κ3) is 2.58. The van der Waals surface area contributed by atoms with Gasteiger partial charge in [0.05, 0.1) is 11.4 Å². The average Bonchev–Trinajstić information content (AvgIpc) is 2.28. The van der Waals surface area contributed by atoms with E-state index in [1.54, 1.807) is 0 Å². The van der Waals surface area contributed by atoms with E-state index in [0.717, 1.165) is 6.07 Å². The van der Waals surface area contributed by atoms with Crippen molar-refractivity contribution in [1.29, 1.82) is 0 Å². The SMILES string of the molecule is CCCC(=O)Nc1cc(F)cc2c1OCC(=O)N2. The summed E-state index contributed by atoms with van der Waals surface area (Å²) in [6.45, 7) is 1.73. The van der Waals surface area contributed by atoms with Crippen LogP contribution < -0.4 is 15.4 Å². The van der Waals surface area contributed by atoms with Gasteiger partial charge >= 0.3 is 0 Å². The molecule has 1 aromatic rings. The maximum absolute atomic E-state index is 13.4. The van der Waals surface area contributed by atoms with Crippen LogP contribution in [0, 0.1) is 5.82 Å². The van der Waals surface area contributed by atoms with Gasteiger partial charge in [0.2, 0.25) is 5.91 Å². The van der Waals surface area contributed by atoms with Gasteiger partial charge in [0.25, 0.3) is 5.91 Å². The highest BCUT2D eigenvalue weighted by Gasteiger charge is 2.21. The Hall–Kier alpha value is -2.11. The third-order valence-electron chi connectivity index (χ3n) is 2.43. The van der Waals surface area contributed by atoms with Crippen molar-refractivity contribution in [3.63, 3.8) is 0 Å². The quantitative estimate of drug-likeness (QED) is 0.863. The molecule has 0 fully saturated rings. The molecule has 0 saturated heterocycles. The number of ether oxygens (including phenoxy) is 1. The van der Waals surface area contributed by atoms with Crippen molar-refractivity contribution in [2.45, 2.75) is 19.8 Å². The Morgan fingerprint density at radius 2 is 2.33 bits per heavy atom. The highest BCUT2D eigenvalue weighted by atomic mass is 19.1. The Balaban J connectivity index is 2.30. The van der Waals surface area contributed by atoms with Crippen LogP contribution in [0.25, 0.3) is 0 Å². The third-order valence-corrected chi connectivity index (χ3v) is 2.43. The standard InChI is InChI=1S/C12H13FN2O3/c1-2-3-10(16)14-8-4-7(13)5-9-12(8)18-6-11(17)15-9/h4-5H,2-3,6H2,1H3,(H,14,16)(H,15,17). The zero-order valence-corrected chi connectivity index (χ0v) is 9.88. The first-order chi connectivity index (χ1) is 8.60. The summed E-state index contributed by atoms with van der Waals surface area (Å²) in [6.07, 6.45) is 1.04. The second-order valence-electron chi connectivity index (χ2n) is 3.97. The van der Waals surface area contributed by atoms with Gasteiger partial charge in [-0.15, -0.1) is 0 Å². The predicted octanol–water partition coefficient (Wildman–Crippen LogP) is 1.90. The fraction of sp³-hybridized carbons (Fsp3) is 0.333. The number of carbonyl (C=O) groups is 2. The van der Waals surface area contributed by atoms with E-state index in [9.17, 15) is 14.0 Å². The molecular weight excluding hydrogens is 239 g/mol. The number of amides is 2. The molecule has 1 aromatic carbocycles. The molecule has 2 amide bonds. The molecule has 1 aliphatic rings.